The molecule has 0 N–H and O–H groups in total. The molecule has 0 bridgehead atoms. The lowest BCUT2D eigenvalue weighted by Crippen LogP contribution is -2.27. The Morgan fingerprint density at radius 2 is 1.87 bits per heavy atom. The molecule has 0 spiro atoms. The second-order valence-electron chi connectivity index (χ2n) is 3.14. The van der Waals surface area contributed by atoms with Crippen LogP contribution in [0.4, 0.5) is 4.79 Å². The zero-order valence-corrected chi connectivity index (χ0v) is 8.43. The van der Waals surface area contributed by atoms with Crippen LogP contribution in [0.25, 0.3) is 11.0 Å². The highest BCUT2D eigenvalue weighted by Crippen LogP contribution is 2.11. The molecule has 5 nitrogen and oxygen atoms in total. The third-order valence-electron chi connectivity index (χ3n) is 2.32. The summed E-state index contributed by atoms with van der Waals surface area (Å²) in [6, 6.07) is 7.05. The number of fused-ring (bicyclic) bond motifs is 1. The topological polar surface area (TPSA) is 53.2 Å². The summed E-state index contributed by atoms with van der Waals surface area (Å²) < 4.78 is 6.97. The monoisotopic (exact) mass is 206 g/mol. The molecule has 15 heavy (non-hydrogen) atoms. The van der Waals surface area contributed by atoms with Gasteiger partial charge < -0.3 is 4.74 Å². The number of nitrogens with zero attached hydrogens (tertiary/aromatic N) is 2. The van der Waals surface area contributed by atoms with Crippen LogP contribution in [-0.2, 0) is 11.8 Å². The number of hydrogen-bond donors (Lipinski definition) is 0. The Bertz CT molecular complexity index is 580. The molecule has 0 aliphatic rings. The lowest BCUT2D eigenvalue weighted by molar-refractivity contribution is 0.173. The van der Waals surface area contributed by atoms with E-state index in [4.69, 9.17) is 0 Å². The summed E-state index contributed by atoms with van der Waals surface area (Å²) in [4.78, 5) is 23.1. The molecule has 1 aromatic heterocycles. The molecule has 0 aliphatic heterocycles. The van der Waals surface area contributed by atoms with Gasteiger partial charge >= 0.3 is 11.8 Å². The van der Waals surface area contributed by atoms with Crippen molar-refractivity contribution in [2.24, 2.45) is 7.05 Å². The quantitative estimate of drug-likeness (QED) is 0.645. The van der Waals surface area contributed by atoms with Crippen LogP contribution in [-0.4, -0.2) is 22.3 Å². The first-order chi connectivity index (χ1) is 7.16. The van der Waals surface area contributed by atoms with E-state index in [-0.39, 0.29) is 0 Å². The van der Waals surface area contributed by atoms with Crippen molar-refractivity contribution in [3.63, 3.8) is 0 Å². The molecule has 2 aromatic rings. The van der Waals surface area contributed by atoms with Crippen LogP contribution in [0.5, 0.6) is 0 Å². The molecule has 78 valence electrons. The number of hydrogen-bond acceptors (Lipinski definition) is 3. The molecule has 2 rings (SSSR count). The number of para-hydroxylation sites is 2. The summed E-state index contributed by atoms with van der Waals surface area (Å²) in [5, 5.41) is 0. The molecule has 0 saturated heterocycles. The van der Waals surface area contributed by atoms with Crippen LogP contribution in [0, 0.1) is 0 Å². The van der Waals surface area contributed by atoms with Crippen molar-refractivity contribution in [3.8, 4) is 0 Å². The minimum absolute atomic E-state index is 0.400. The average Bonchev–Trinajstić information content (AvgIpc) is 2.52. The van der Waals surface area contributed by atoms with Crippen molar-refractivity contribution in [3.05, 3.63) is 34.7 Å². The van der Waals surface area contributed by atoms with Gasteiger partial charge in [0, 0.05) is 7.05 Å². The fraction of sp³-hybridized carbons (Fsp3) is 0.200. The average molecular weight is 206 g/mol. The summed E-state index contributed by atoms with van der Waals surface area (Å²) in [6.07, 6.45) is -0.670. The standard InChI is InChI=1S/C10H10N2O3/c1-11-7-5-3-4-6-8(7)12(9(11)13)10(14)15-2/h3-6H,1-2H3. The second-order valence-corrected chi connectivity index (χ2v) is 3.14. The smallest absolute Gasteiger partial charge is 0.422 e. The molecule has 0 radical (unpaired) electrons. The Balaban J connectivity index is 2.90. The molecular weight excluding hydrogens is 196 g/mol. The largest absolute Gasteiger partial charge is 0.452 e. The van der Waals surface area contributed by atoms with Gasteiger partial charge in [-0.2, -0.15) is 4.57 Å². The molecule has 0 amide bonds. The van der Waals surface area contributed by atoms with Crippen molar-refractivity contribution in [2.75, 3.05) is 7.11 Å². The third-order valence-corrected chi connectivity index (χ3v) is 2.32. The van der Waals surface area contributed by atoms with Crippen molar-refractivity contribution in [2.45, 2.75) is 0 Å². The van der Waals surface area contributed by atoms with Gasteiger partial charge in [-0.05, 0) is 12.1 Å². The van der Waals surface area contributed by atoms with Crippen LogP contribution in [0.2, 0.25) is 0 Å². The SMILES string of the molecule is COC(=O)n1c(=O)n(C)c2ccccc21. The van der Waals surface area contributed by atoms with E-state index in [1.807, 2.05) is 6.07 Å². The first-order valence-corrected chi connectivity index (χ1v) is 4.41. The molecule has 0 saturated carbocycles. The van der Waals surface area contributed by atoms with Crippen LogP contribution in [0.1, 0.15) is 0 Å². The van der Waals surface area contributed by atoms with Crippen molar-refractivity contribution in [1.29, 1.82) is 0 Å². The fourth-order valence-corrected chi connectivity index (χ4v) is 1.56. The second kappa shape index (κ2) is 3.27. The van der Waals surface area contributed by atoms with Gasteiger partial charge in [0.1, 0.15) is 0 Å². The highest BCUT2D eigenvalue weighted by Gasteiger charge is 2.15. The van der Waals surface area contributed by atoms with E-state index in [0.29, 0.717) is 11.0 Å². The molecule has 1 aromatic carbocycles. The summed E-state index contributed by atoms with van der Waals surface area (Å²) in [7, 11) is 2.86. The third kappa shape index (κ3) is 1.24. The van der Waals surface area contributed by atoms with Gasteiger partial charge in [-0.3, -0.25) is 4.57 Å². The maximum absolute atomic E-state index is 11.7. The highest BCUT2D eigenvalue weighted by atomic mass is 16.5. The number of aromatic nitrogens is 2. The van der Waals surface area contributed by atoms with Gasteiger partial charge in [-0.15, -0.1) is 0 Å². The van der Waals surface area contributed by atoms with Crippen LogP contribution in [0.3, 0.4) is 0 Å². The maximum Gasteiger partial charge on any atom is 0.422 e. The normalized spacial score (nSPS) is 10.5. The molecule has 5 heteroatoms. The van der Waals surface area contributed by atoms with E-state index in [1.54, 1.807) is 25.2 Å². The summed E-state index contributed by atoms with van der Waals surface area (Å²) >= 11 is 0. The Labute approximate surface area is 85.5 Å². The van der Waals surface area contributed by atoms with Crippen LogP contribution in [0.15, 0.2) is 29.1 Å². The number of rotatable bonds is 0. The summed E-state index contributed by atoms with van der Waals surface area (Å²) in [5.74, 6) is 0. The van der Waals surface area contributed by atoms with E-state index < -0.39 is 11.8 Å². The lowest BCUT2D eigenvalue weighted by atomic mass is 10.3. The van der Waals surface area contributed by atoms with Crippen molar-refractivity contribution in [1.82, 2.24) is 9.13 Å². The summed E-state index contributed by atoms with van der Waals surface area (Å²) in [6.45, 7) is 0. The van der Waals surface area contributed by atoms with Crippen LogP contribution >= 0.6 is 0 Å². The van der Waals surface area contributed by atoms with Gasteiger partial charge in [-0.25, -0.2) is 9.59 Å². The molecule has 0 fully saturated rings. The molecule has 1 heterocycles. The number of imidazole rings is 1. The number of aryl methyl sites for hydroxylation is 1. The summed E-state index contributed by atoms with van der Waals surface area (Å²) in [5.41, 5.74) is 0.854. The number of benzene rings is 1. The Hall–Kier alpha value is -2.04. The number of carbonyl (C=O) groups excluding carboxylic acids is 1. The zero-order valence-electron chi connectivity index (χ0n) is 8.43. The zero-order chi connectivity index (χ0) is 11.0. The molecular formula is C10H10N2O3. The Kier molecular flexibility index (Phi) is 2.07. The van der Waals surface area contributed by atoms with Gasteiger partial charge in [0.05, 0.1) is 18.1 Å². The minimum atomic E-state index is -0.670. The van der Waals surface area contributed by atoms with Gasteiger partial charge in [0.25, 0.3) is 0 Å². The first kappa shape index (κ1) is 9.51. The van der Waals surface area contributed by atoms with Crippen molar-refractivity contribution >= 4 is 17.1 Å². The van der Waals surface area contributed by atoms with E-state index in [9.17, 15) is 9.59 Å². The molecule has 0 atom stereocenters. The maximum atomic E-state index is 11.7. The first-order valence-electron chi connectivity index (χ1n) is 4.41. The minimum Gasteiger partial charge on any atom is -0.452 e. The van der Waals surface area contributed by atoms with Crippen LogP contribution < -0.4 is 5.69 Å². The van der Waals surface area contributed by atoms with Gasteiger partial charge in [-0.1, -0.05) is 12.1 Å². The Morgan fingerprint density at radius 1 is 1.27 bits per heavy atom. The number of ether oxygens (including phenoxy) is 1. The van der Waals surface area contributed by atoms with E-state index in [2.05, 4.69) is 4.74 Å². The van der Waals surface area contributed by atoms with E-state index in [1.165, 1.54) is 11.7 Å². The molecule has 0 unspecified atom stereocenters. The van der Waals surface area contributed by atoms with E-state index in [0.717, 1.165) is 4.57 Å². The lowest BCUT2D eigenvalue weighted by Gasteiger charge is -1.98. The fourth-order valence-electron chi connectivity index (χ4n) is 1.56. The Morgan fingerprint density at radius 3 is 2.47 bits per heavy atom. The highest BCUT2D eigenvalue weighted by molar-refractivity contribution is 5.86. The predicted octanol–water partition coefficient (Wildman–Crippen LogP) is 0.954. The van der Waals surface area contributed by atoms with Gasteiger partial charge in [0.2, 0.25) is 0 Å². The number of methoxy groups -OCH3 is 1. The van der Waals surface area contributed by atoms with Gasteiger partial charge in [0.15, 0.2) is 0 Å². The predicted molar refractivity (Wildman–Crippen MR) is 55.0 cm³/mol. The number of carbonyl (C=O) groups is 1. The van der Waals surface area contributed by atoms with Crippen molar-refractivity contribution < 1.29 is 9.53 Å². The van der Waals surface area contributed by atoms with E-state index >= 15 is 0 Å². The molecule has 0 aliphatic carbocycles.